The van der Waals surface area contributed by atoms with Gasteiger partial charge in [0.2, 0.25) is 5.91 Å². The Bertz CT molecular complexity index is 554. The fourth-order valence-electron chi connectivity index (χ4n) is 3.46. The van der Waals surface area contributed by atoms with E-state index in [1.807, 2.05) is 6.07 Å². The van der Waals surface area contributed by atoms with Gasteiger partial charge in [0.05, 0.1) is 5.75 Å². The summed E-state index contributed by atoms with van der Waals surface area (Å²) in [5.41, 5.74) is 1.70. The molecule has 0 atom stereocenters. The molecule has 23 heavy (non-hydrogen) atoms. The maximum Gasteiger partial charge on any atom is 0.232 e. The number of aryl methyl sites for hydroxylation is 1. The lowest BCUT2D eigenvalue weighted by Gasteiger charge is -2.38. The third kappa shape index (κ3) is 4.65. The van der Waals surface area contributed by atoms with Crippen molar-refractivity contribution in [3.8, 4) is 0 Å². The first-order valence-electron chi connectivity index (χ1n) is 7.95. The molecule has 1 aromatic rings. The number of halogens is 2. The number of hydrogen-bond donors (Lipinski definition) is 1. The van der Waals surface area contributed by atoms with Crippen LogP contribution in [0.25, 0.3) is 0 Å². The van der Waals surface area contributed by atoms with E-state index in [2.05, 4.69) is 45.2 Å². The maximum absolute atomic E-state index is 12.4. The van der Waals surface area contributed by atoms with E-state index in [-0.39, 0.29) is 18.3 Å². The minimum atomic E-state index is 0. The molecule has 1 amide bonds. The quantitative estimate of drug-likeness (QED) is 0.755. The van der Waals surface area contributed by atoms with Gasteiger partial charge in [-0.1, -0.05) is 15.9 Å². The number of likely N-dealkylation sites (tertiary alicyclic amines) is 1. The molecule has 2 saturated heterocycles. The molecule has 1 aromatic carbocycles. The number of nitrogens with one attached hydrogen (secondary N) is 1. The van der Waals surface area contributed by atoms with E-state index in [0.29, 0.717) is 11.2 Å². The van der Waals surface area contributed by atoms with Crippen molar-refractivity contribution in [1.29, 1.82) is 0 Å². The summed E-state index contributed by atoms with van der Waals surface area (Å²) in [5.74, 6) is 0.835. The van der Waals surface area contributed by atoms with E-state index >= 15 is 0 Å². The number of amides is 1. The average molecular weight is 420 g/mol. The van der Waals surface area contributed by atoms with E-state index in [0.717, 1.165) is 43.5 Å². The summed E-state index contributed by atoms with van der Waals surface area (Å²) in [6, 6.07) is 6.23. The summed E-state index contributed by atoms with van der Waals surface area (Å²) < 4.78 is 1.09. The van der Waals surface area contributed by atoms with Crippen LogP contribution in [0.15, 0.2) is 27.6 Å². The fourth-order valence-corrected chi connectivity index (χ4v) is 4.85. The number of carbonyl (C=O) groups is 1. The molecule has 2 aliphatic rings. The van der Waals surface area contributed by atoms with Crippen LogP contribution < -0.4 is 5.32 Å². The topological polar surface area (TPSA) is 32.3 Å². The third-order valence-corrected chi connectivity index (χ3v) is 6.65. The van der Waals surface area contributed by atoms with Crippen LogP contribution in [-0.4, -0.2) is 42.7 Å². The number of piperidine rings is 1. The zero-order valence-electron chi connectivity index (χ0n) is 13.4. The monoisotopic (exact) mass is 418 g/mol. The zero-order chi connectivity index (χ0) is 15.6. The summed E-state index contributed by atoms with van der Waals surface area (Å²) in [5, 5.41) is 3.47. The molecule has 0 aliphatic carbocycles. The number of nitrogens with zero attached hydrogens (tertiary/aromatic N) is 1. The second kappa shape index (κ2) is 8.24. The minimum absolute atomic E-state index is 0. The molecule has 0 aromatic heterocycles. The van der Waals surface area contributed by atoms with Crippen LogP contribution in [0.3, 0.4) is 0 Å². The van der Waals surface area contributed by atoms with Crippen LogP contribution in [0.5, 0.6) is 0 Å². The number of carbonyl (C=O) groups excluding carboxylic acids is 1. The first kappa shape index (κ1) is 19.1. The van der Waals surface area contributed by atoms with Crippen molar-refractivity contribution in [3.63, 3.8) is 0 Å². The van der Waals surface area contributed by atoms with E-state index in [9.17, 15) is 4.79 Å². The van der Waals surface area contributed by atoms with Gasteiger partial charge in [-0.15, -0.1) is 24.2 Å². The largest absolute Gasteiger partial charge is 0.342 e. The van der Waals surface area contributed by atoms with Gasteiger partial charge in [0.25, 0.3) is 0 Å². The Balaban J connectivity index is 0.00000192. The molecule has 2 fully saturated rings. The summed E-state index contributed by atoms with van der Waals surface area (Å²) >= 11 is 5.14. The first-order valence-corrected chi connectivity index (χ1v) is 9.73. The molecular formula is C17H24BrClN2OS. The Hall–Kier alpha value is -0.230. The predicted octanol–water partition coefficient (Wildman–Crippen LogP) is 3.87. The van der Waals surface area contributed by atoms with Gasteiger partial charge in [0.15, 0.2) is 0 Å². The summed E-state index contributed by atoms with van der Waals surface area (Å²) in [7, 11) is 0. The van der Waals surface area contributed by atoms with Gasteiger partial charge in [-0.2, -0.15) is 0 Å². The molecule has 1 spiro atoms. The molecule has 3 nitrogen and oxygen atoms in total. The Morgan fingerprint density at radius 3 is 2.70 bits per heavy atom. The van der Waals surface area contributed by atoms with Crippen LogP contribution in [0.2, 0.25) is 0 Å². The molecule has 0 unspecified atom stereocenters. The molecule has 1 N–H and O–H groups in total. The van der Waals surface area contributed by atoms with Crippen LogP contribution in [0.4, 0.5) is 0 Å². The van der Waals surface area contributed by atoms with Gasteiger partial charge in [-0.3, -0.25) is 4.79 Å². The molecule has 2 aliphatic heterocycles. The molecule has 0 bridgehead atoms. The molecule has 3 rings (SSSR count). The first-order chi connectivity index (χ1) is 10.6. The smallest absolute Gasteiger partial charge is 0.232 e. The van der Waals surface area contributed by atoms with Crippen LogP contribution in [0.1, 0.15) is 24.8 Å². The van der Waals surface area contributed by atoms with Crippen molar-refractivity contribution in [2.24, 2.45) is 5.41 Å². The van der Waals surface area contributed by atoms with Crippen LogP contribution >= 0.6 is 40.1 Å². The predicted molar refractivity (Wildman–Crippen MR) is 103 cm³/mol. The number of rotatable bonds is 3. The summed E-state index contributed by atoms with van der Waals surface area (Å²) in [4.78, 5) is 15.7. The van der Waals surface area contributed by atoms with Crippen LogP contribution in [0, 0.1) is 12.3 Å². The average Bonchev–Trinajstić information content (AvgIpc) is 2.95. The summed E-state index contributed by atoms with van der Waals surface area (Å²) in [6.07, 6.45) is 3.60. The number of hydrogen-bond acceptors (Lipinski definition) is 3. The highest BCUT2D eigenvalue weighted by Gasteiger charge is 2.37. The Morgan fingerprint density at radius 1 is 1.35 bits per heavy atom. The minimum Gasteiger partial charge on any atom is -0.342 e. The van der Waals surface area contributed by atoms with Crippen molar-refractivity contribution in [1.82, 2.24) is 10.2 Å². The van der Waals surface area contributed by atoms with Gasteiger partial charge in [-0.05, 0) is 61.9 Å². The molecule has 0 saturated carbocycles. The molecule has 2 heterocycles. The second-order valence-corrected chi connectivity index (χ2v) is 8.44. The standard InChI is InChI=1S/C17H23BrN2OS.ClH/c1-13-10-14(18)2-3-15(13)22-11-16(21)20-8-5-17(6-9-20)4-7-19-12-17;/h2-3,10,19H,4-9,11-12H2,1H3;1H. The van der Waals surface area contributed by atoms with E-state index in [4.69, 9.17) is 0 Å². The lowest BCUT2D eigenvalue weighted by molar-refractivity contribution is -0.130. The lowest BCUT2D eigenvalue weighted by Crippen LogP contribution is -2.44. The van der Waals surface area contributed by atoms with E-state index in [1.165, 1.54) is 16.9 Å². The van der Waals surface area contributed by atoms with E-state index in [1.54, 1.807) is 11.8 Å². The fraction of sp³-hybridized carbons (Fsp3) is 0.588. The van der Waals surface area contributed by atoms with Crippen molar-refractivity contribution in [2.75, 3.05) is 31.9 Å². The SMILES string of the molecule is Cc1cc(Br)ccc1SCC(=O)N1CCC2(CCNC2)CC1.Cl. The molecule has 0 radical (unpaired) electrons. The van der Waals surface area contributed by atoms with Crippen LogP contribution in [-0.2, 0) is 4.79 Å². The highest BCUT2D eigenvalue weighted by atomic mass is 79.9. The Morgan fingerprint density at radius 2 is 2.09 bits per heavy atom. The highest BCUT2D eigenvalue weighted by molar-refractivity contribution is 9.10. The highest BCUT2D eigenvalue weighted by Crippen LogP contribution is 2.37. The van der Waals surface area contributed by atoms with E-state index < -0.39 is 0 Å². The van der Waals surface area contributed by atoms with Crippen molar-refractivity contribution in [3.05, 3.63) is 28.2 Å². The molecule has 6 heteroatoms. The Kier molecular flexibility index (Phi) is 6.84. The maximum atomic E-state index is 12.4. The van der Waals surface area contributed by atoms with Crippen molar-refractivity contribution in [2.45, 2.75) is 31.1 Å². The summed E-state index contributed by atoms with van der Waals surface area (Å²) in [6.45, 7) is 6.24. The normalized spacial score (nSPS) is 19.7. The lowest BCUT2D eigenvalue weighted by atomic mass is 9.78. The molecule has 128 valence electrons. The third-order valence-electron chi connectivity index (χ3n) is 5.00. The second-order valence-electron chi connectivity index (χ2n) is 6.51. The van der Waals surface area contributed by atoms with Crippen molar-refractivity contribution < 1.29 is 4.79 Å². The van der Waals surface area contributed by atoms with Gasteiger partial charge in [-0.25, -0.2) is 0 Å². The number of thioether (sulfide) groups is 1. The van der Waals surface area contributed by atoms with Gasteiger partial charge < -0.3 is 10.2 Å². The van der Waals surface area contributed by atoms with Gasteiger partial charge >= 0.3 is 0 Å². The zero-order valence-corrected chi connectivity index (χ0v) is 16.7. The number of benzene rings is 1. The van der Waals surface area contributed by atoms with Gasteiger partial charge in [0.1, 0.15) is 0 Å². The molecular weight excluding hydrogens is 396 g/mol. The van der Waals surface area contributed by atoms with Gasteiger partial charge in [0, 0.05) is 29.0 Å². The van der Waals surface area contributed by atoms with Crippen molar-refractivity contribution >= 4 is 46.0 Å². The Labute approximate surface area is 157 Å².